The molecule has 0 amide bonds. The van der Waals surface area contributed by atoms with Crippen molar-refractivity contribution < 1.29 is 4.74 Å². The van der Waals surface area contributed by atoms with Crippen LogP contribution in [0.4, 0.5) is 0 Å². The van der Waals surface area contributed by atoms with Gasteiger partial charge in [-0.3, -0.25) is 4.68 Å². The molecular formula is C16H19BrN2O. The van der Waals surface area contributed by atoms with Crippen LogP contribution in [0.3, 0.4) is 0 Å². The highest BCUT2D eigenvalue weighted by Gasteiger charge is 2.15. The normalized spacial score (nSPS) is 16.2. The standard InChI is InChI=1S/C16H19BrN2O/c17-14-8-6-13(7-9-14)11-19-12-16(10-18-19)20-15-4-2-1-3-5-15/h6-10,12,15H,1-5,11H2. The topological polar surface area (TPSA) is 27.1 Å². The second kappa shape index (κ2) is 6.44. The molecule has 1 fully saturated rings. The maximum absolute atomic E-state index is 6.00. The zero-order valence-corrected chi connectivity index (χ0v) is 13.1. The summed E-state index contributed by atoms with van der Waals surface area (Å²) in [7, 11) is 0. The maximum atomic E-state index is 6.00. The molecule has 20 heavy (non-hydrogen) atoms. The Morgan fingerprint density at radius 2 is 1.90 bits per heavy atom. The van der Waals surface area contributed by atoms with Gasteiger partial charge in [-0.05, 0) is 43.4 Å². The van der Waals surface area contributed by atoms with Crippen LogP contribution >= 0.6 is 15.9 Å². The number of ether oxygens (including phenoxy) is 1. The molecule has 4 heteroatoms. The van der Waals surface area contributed by atoms with E-state index in [1.807, 2.05) is 17.1 Å². The Hall–Kier alpha value is -1.29. The maximum Gasteiger partial charge on any atom is 0.157 e. The highest BCUT2D eigenvalue weighted by atomic mass is 79.9. The second-order valence-corrected chi connectivity index (χ2v) is 6.29. The van der Waals surface area contributed by atoms with Gasteiger partial charge in [-0.25, -0.2) is 0 Å². The molecule has 0 unspecified atom stereocenters. The highest BCUT2D eigenvalue weighted by molar-refractivity contribution is 9.10. The Morgan fingerprint density at radius 1 is 1.15 bits per heavy atom. The molecule has 1 aromatic carbocycles. The smallest absolute Gasteiger partial charge is 0.157 e. The van der Waals surface area contributed by atoms with Gasteiger partial charge in [0.05, 0.1) is 25.0 Å². The first-order chi connectivity index (χ1) is 9.79. The summed E-state index contributed by atoms with van der Waals surface area (Å²) >= 11 is 3.45. The van der Waals surface area contributed by atoms with Crippen molar-refractivity contribution in [1.29, 1.82) is 0 Å². The van der Waals surface area contributed by atoms with Gasteiger partial charge < -0.3 is 4.74 Å². The lowest BCUT2D eigenvalue weighted by molar-refractivity contribution is 0.155. The lowest BCUT2D eigenvalue weighted by Gasteiger charge is -2.21. The molecule has 2 aromatic rings. The minimum Gasteiger partial charge on any atom is -0.487 e. The van der Waals surface area contributed by atoms with Gasteiger partial charge in [-0.1, -0.05) is 34.5 Å². The minimum atomic E-state index is 0.383. The lowest BCUT2D eigenvalue weighted by atomic mass is 9.98. The molecule has 1 aliphatic rings. The summed E-state index contributed by atoms with van der Waals surface area (Å²) in [4.78, 5) is 0. The first kappa shape index (κ1) is 13.7. The molecule has 1 heterocycles. The predicted molar refractivity (Wildman–Crippen MR) is 83.0 cm³/mol. The first-order valence-electron chi connectivity index (χ1n) is 7.23. The zero-order valence-electron chi connectivity index (χ0n) is 11.5. The molecule has 1 aromatic heterocycles. The summed E-state index contributed by atoms with van der Waals surface area (Å²) in [5.41, 5.74) is 1.24. The SMILES string of the molecule is Brc1ccc(Cn2cc(OC3CCCCC3)cn2)cc1. The Labute approximate surface area is 128 Å². The fraction of sp³-hybridized carbons (Fsp3) is 0.438. The highest BCUT2D eigenvalue weighted by Crippen LogP contribution is 2.23. The van der Waals surface area contributed by atoms with Crippen LogP contribution in [0.25, 0.3) is 0 Å². The predicted octanol–water partition coefficient (Wildman–Crippen LogP) is 4.41. The van der Waals surface area contributed by atoms with Crippen LogP contribution in [-0.4, -0.2) is 15.9 Å². The van der Waals surface area contributed by atoms with Gasteiger partial charge in [0.1, 0.15) is 0 Å². The minimum absolute atomic E-state index is 0.383. The van der Waals surface area contributed by atoms with Crippen LogP contribution in [0.1, 0.15) is 37.7 Å². The zero-order chi connectivity index (χ0) is 13.8. The van der Waals surface area contributed by atoms with E-state index in [0.29, 0.717) is 6.10 Å². The van der Waals surface area contributed by atoms with Crippen LogP contribution in [0, 0.1) is 0 Å². The monoisotopic (exact) mass is 334 g/mol. The molecular weight excluding hydrogens is 316 g/mol. The van der Waals surface area contributed by atoms with Crippen LogP contribution in [0.15, 0.2) is 41.1 Å². The summed E-state index contributed by atoms with van der Waals surface area (Å²) in [5, 5.41) is 4.38. The Morgan fingerprint density at radius 3 is 2.65 bits per heavy atom. The second-order valence-electron chi connectivity index (χ2n) is 5.38. The summed E-state index contributed by atoms with van der Waals surface area (Å²) in [6.45, 7) is 0.779. The van der Waals surface area contributed by atoms with Gasteiger partial charge >= 0.3 is 0 Å². The van der Waals surface area contributed by atoms with Crippen LogP contribution in [-0.2, 0) is 6.54 Å². The van der Waals surface area contributed by atoms with E-state index in [0.717, 1.165) is 16.8 Å². The summed E-state index contributed by atoms with van der Waals surface area (Å²) in [5.74, 6) is 0.897. The van der Waals surface area contributed by atoms with Gasteiger partial charge in [0, 0.05) is 4.47 Å². The Bertz CT molecular complexity index is 544. The Kier molecular flexibility index (Phi) is 4.41. The van der Waals surface area contributed by atoms with Crippen LogP contribution in [0.5, 0.6) is 5.75 Å². The molecule has 3 rings (SSSR count). The molecule has 3 nitrogen and oxygen atoms in total. The number of nitrogens with zero attached hydrogens (tertiary/aromatic N) is 2. The van der Waals surface area contributed by atoms with E-state index in [-0.39, 0.29) is 0 Å². The molecule has 0 spiro atoms. The Balaban J connectivity index is 1.60. The van der Waals surface area contributed by atoms with Crippen molar-refractivity contribution >= 4 is 15.9 Å². The van der Waals surface area contributed by atoms with E-state index < -0.39 is 0 Å². The lowest BCUT2D eigenvalue weighted by Crippen LogP contribution is -2.19. The third-order valence-corrected chi connectivity index (χ3v) is 4.25. The van der Waals surface area contributed by atoms with Crippen molar-refractivity contribution in [2.75, 3.05) is 0 Å². The summed E-state index contributed by atoms with van der Waals surface area (Å²) < 4.78 is 9.03. The quantitative estimate of drug-likeness (QED) is 0.828. The molecule has 106 valence electrons. The largest absolute Gasteiger partial charge is 0.487 e. The van der Waals surface area contributed by atoms with E-state index >= 15 is 0 Å². The number of hydrogen-bond acceptors (Lipinski definition) is 2. The third kappa shape index (κ3) is 3.63. The molecule has 1 saturated carbocycles. The van der Waals surface area contributed by atoms with Crippen molar-refractivity contribution in [2.24, 2.45) is 0 Å². The van der Waals surface area contributed by atoms with Gasteiger partial charge in [0.25, 0.3) is 0 Å². The van der Waals surface area contributed by atoms with Crippen molar-refractivity contribution in [3.63, 3.8) is 0 Å². The molecule has 0 bridgehead atoms. The van der Waals surface area contributed by atoms with Crippen LogP contribution < -0.4 is 4.74 Å². The first-order valence-corrected chi connectivity index (χ1v) is 8.02. The van der Waals surface area contributed by atoms with Gasteiger partial charge in [-0.2, -0.15) is 5.10 Å². The number of aromatic nitrogens is 2. The average molecular weight is 335 g/mol. The molecule has 0 N–H and O–H groups in total. The summed E-state index contributed by atoms with van der Waals surface area (Å²) in [6, 6.07) is 8.32. The molecule has 1 aliphatic carbocycles. The van der Waals surface area contributed by atoms with E-state index in [1.54, 1.807) is 0 Å². The number of hydrogen-bond donors (Lipinski definition) is 0. The van der Waals surface area contributed by atoms with Crippen molar-refractivity contribution in [3.05, 3.63) is 46.7 Å². The van der Waals surface area contributed by atoms with Crippen molar-refractivity contribution in [1.82, 2.24) is 9.78 Å². The fourth-order valence-electron chi connectivity index (χ4n) is 2.64. The molecule has 0 aliphatic heterocycles. The number of rotatable bonds is 4. The molecule has 0 saturated heterocycles. The van der Waals surface area contributed by atoms with E-state index in [2.05, 4.69) is 45.3 Å². The third-order valence-electron chi connectivity index (χ3n) is 3.72. The summed E-state index contributed by atoms with van der Waals surface area (Å²) in [6.07, 6.45) is 10.5. The van der Waals surface area contributed by atoms with Crippen molar-refractivity contribution in [3.8, 4) is 5.75 Å². The molecule has 0 atom stereocenters. The molecule has 0 radical (unpaired) electrons. The van der Waals surface area contributed by atoms with Gasteiger partial charge in [-0.15, -0.1) is 0 Å². The van der Waals surface area contributed by atoms with Gasteiger partial charge in [0.2, 0.25) is 0 Å². The van der Waals surface area contributed by atoms with E-state index in [4.69, 9.17) is 4.74 Å². The van der Waals surface area contributed by atoms with E-state index in [1.165, 1.54) is 37.7 Å². The van der Waals surface area contributed by atoms with Crippen molar-refractivity contribution in [2.45, 2.75) is 44.8 Å². The van der Waals surface area contributed by atoms with Crippen LogP contribution in [0.2, 0.25) is 0 Å². The van der Waals surface area contributed by atoms with E-state index in [9.17, 15) is 0 Å². The van der Waals surface area contributed by atoms with Gasteiger partial charge in [0.15, 0.2) is 5.75 Å². The number of benzene rings is 1. The number of halogens is 1. The fourth-order valence-corrected chi connectivity index (χ4v) is 2.91. The average Bonchev–Trinajstić information content (AvgIpc) is 2.90.